The zero-order valence-electron chi connectivity index (χ0n) is 17.6. The molecule has 1 aliphatic heterocycles. The lowest BCUT2D eigenvalue weighted by Gasteiger charge is -2.11. The lowest BCUT2D eigenvalue weighted by atomic mass is 10.2. The third kappa shape index (κ3) is 5.58. The fourth-order valence-corrected chi connectivity index (χ4v) is 4.92. The van der Waals surface area contributed by atoms with Crippen molar-refractivity contribution >= 4 is 40.9 Å². The molecule has 0 bridgehead atoms. The normalized spacial score (nSPS) is 15.8. The predicted molar refractivity (Wildman–Crippen MR) is 124 cm³/mol. The number of carbonyl (C=O) groups excluding carboxylic acids is 1. The number of nitrogens with zero attached hydrogens (tertiary/aromatic N) is 5. The van der Waals surface area contributed by atoms with E-state index in [4.69, 9.17) is 27.9 Å². The van der Waals surface area contributed by atoms with Gasteiger partial charge >= 0.3 is 0 Å². The number of rotatable bonds is 7. The highest BCUT2D eigenvalue weighted by molar-refractivity contribution is 7.98. The molecule has 8 nitrogen and oxygen atoms in total. The number of aromatic nitrogens is 5. The van der Waals surface area contributed by atoms with Crippen LogP contribution in [-0.2, 0) is 10.5 Å². The number of amides is 1. The van der Waals surface area contributed by atoms with Crippen LogP contribution in [0.4, 0.5) is 0 Å². The van der Waals surface area contributed by atoms with Crippen molar-refractivity contribution in [3.05, 3.63) is 57.1 Å². The van der Waals surface area contributed by atoms with Crippen LogP contribution in [0.3, 0.4) is 0 Å². The average molecular weight is 493 g/mol. The molecule has 1 saturated heterocycles. The van der Waals surface area contributed by atoms with Crippen molar-refractivity contribution in [2.45, 2.75) is 43.7 Å². The second-order valence-corrected chi connectivity index (χ2v) is 9.31. The molecule has 3 aromatic rings. The van der Waals surface area contributed by atoms with Crippen LogP contribution in [0.5, 0.6) is 0 Å². The smallest absolute Gasteiger partial charge is 0.273 e. The second kappa shape index (κ2) is 10.2. The third-order valence-corrected chi connectivity index (χ3v) is 6.18. The number of benzene rings is 1. The summed E-state index contributed by atoms with van der Waals surface area (Å²) in [6, 6.07) is 6.99. The van der Waals surface area contributed by atoms with Crippen LogP contribution in [0.15, 0.2) is 29.4 Å². The molecule has 2 aromatic heterocycles. The molecule has 1 unspecified atom stereocenters. The van der Waals surface area contributed by atoms with Crippen molar-refractivity contribution in [3.8, 4) is 5.69 Å². The maximum atomic E-state index is 12.9. The molecule has 0 radical (unpaired) electrons. The van der Waals surface area contributed by atoms with Gasteiger partial charge in [-0.15, -0.1) is 5.10 Å². The van der Waals surface area contributed by atoms with E-state index < -0.39 is 0 Å². The van der Waals surface area contributed by atoms with Crippen LogP contribution >= 0.6 is 35.0 Å². The molecule has 0 aliphatic carbocycles. The molecule has 4 rings (SSSR count). The number of thioether (sulfide) groups is 1. The topological polar surface area (TPSA) is 94.8 Å². The molecule has 1 aliphatic rings. The van der Waals surface area contributed by atoms with Crippen LogP contribution in [0.2, 0.25) is 10.0 Å². The largest absolute Gasteiger partial charge is 0.376 e. The van der Waals surface area contributed by atoms with Crippen LogP contribution in [0.25, 0.3) is 5.69 Å². The minimum Gasteiger partial charge on any atom is -0.376 e. The SMILES string of the molecule is Cc1cc(C)nc(SCc2c(C(=O)NCC3CCCO3)nnn2-c2cc(Cl)cc(Cl)c2)n1. The molecule has 3 heterocycles. The molecule has 1 amide bonds. The van der Waals surface area contributed by atoms with E-state index in [1.165, 1.54) is 11.8 Å². The summed E-state index contributed by atoms with van der Waals surface area (Å²) in [6.45, 7) is 5.00. The number of ether oxygens (including phenoxy) is 1. The van der Waals surface area contributed by atoms with Gasteiger partial charge in [-0.2, -0.15) is 0 Å². The van der Waals surface area contributed by atoms with Gasteiger partial charge in [-0.05, 0) is 51.0 Å². The van der Waals surface area contributed by atoms with Gasteiger partial charge in [0.1, 0.15) is 0 Å². The van der Waals surface area contributed by atoms with E-state index in [-0.39, 0.29) is 17.7 Å². The van der Waals surface area contributed by atoms with Gasteiger partial charge in [0.15, 0.2) is 10.9 Å². The lowest BCUT2D eigenvalue weighted by molar-refractivity contribution is 0.0853. The number of hydrogen-bond donors (Lipinski definition) is 1. The van der Waals surface area contributed by atoms with Gasteiger partial charge in [0.2, 0.25) is 0 Å². The van der Waals surface area contributed by atoms with Crippen molar-refractivity contribution in [3.63, 3.8) is 0 Å². The minimum atomic E-state index is -0.309. The van der Waals surface area contributed by atoms with Gasteiger partial charge in [-0.1, -0.05) is 40.2 Å². The van der Waals surface area contributed by atoms with Crippen LogP contribution in [-0.4, -0.2) is 50.1 Å². The van der Waals surface area contributed by atoms with E-state index >= 15 is 0 Å². The van der Waals surface area contributed by atoms with Gasteiger partial charge < -0.3 is 10.1 Å². The molecule has 0 spiro atoms. The van der Waals surface area contributed by atoms with Crippen LogP contribution in [0.1, 0.15) is 40.4 Å². The Kier molecular flexibility index (Phi) is 7.30. The Morgan fingerprint density at radius 2 is 1.91 bits per heavy atom. The first-order chi connectivity index (χ1) is 15.4. The summed E-state index contributed by atoms with van der Waals surface area (Å²) in [7, 11) is 0. The molecule has 1 N–H and O–H groups in total. The van der Waals surface area contributed by atoms with E-state index in [0.29, 0.717) is 38.9 Å². The summed E-state index contributed by atoms with van der Waals surface area (Å²) in [6.07, 6.45) is 1.97. The monoisotopic (exact) mass is 492 g/mol. The average Bonchev–Trinajstić information content (AvgIpc) is 3.39. The summed E-state index contributed by atoms with van der Waals surface area (Å²) in [5.41, 5.74) is 3.20. The van der Waals surface area contributed by atoms with Crippen molar-refractivity contribution in [1.29, 1.82) is 0 Å². The molecular weight excluding hydrogens is 471 g/mol. The van der Waals surface area contributed by atoms with E-state index in [1.807, 2.05) is 19.9 Å². The van der Waals surface area contributed by atoms with Gasteiger partial charge in [0.05, 0.1) is 17.5 Å². The predicted octanol–water partition coefficient (Wildman–Crippen LogP) is 4.18. The fourth-order valence-electron chi connectivity index (χ4n) is 3.46. The minimum absolute atomic E-state index is 0.0298. The lowest BCUT2D eigenvalue weighted by Crippen LogP contribution is -2.32. The highest BCUT2D eigenvalue weighted by atomic mass is 35.5. The van der Waals surface area contributed by atoms with Gasteiger partial charge in [-0.3, -0.25) is 4.79 Å². The number of hydrogen-bond acceptors (Lipinski definition) is 7. The van der Waals surface area contributed by atoms with Crippen molar-refractivity contribution in [1.82, 2.24) is 30.3 Å². The van der Waals surface area contributed by atoms with Crippen LogP contribution in [0, 0.1) is 13.8 Å². The fraction of sp³-hybridized carbons (Fsp3) is 0.381. The second-order valence-electron chi connectivity index (χ2n) is 7.49. The first-order valence-electron chi connectivity index (χ1n) is 10.1. The molecule has 11 heteroatoms. The van der Waals surface area contributed by atoms with E-state index in [9.17, 15) is 4.79 Å². The Labute approximate surface area is 200 Å². The zero-order valence-corrected chi connectivity index (χ0v) is 20.0. The van der Waals surface area contributed by atoms with E-state index in [2.05, 4.69) is 25.6 Å². The molecule has 168 valence electrons. The Bertz CT molecular complexity index is 1090. The Balaban J connectivity index is 1.63. The Morgan fingerprint density at radius 3 is 2.56 bits per heavy atom. The Hall–Kier alpha value is -2.20. The highest BCUT2D eigenvalue weighted by Crippen LogP contribution is 2.27. The summed E-state index contributed by atoms with van der Waals surface area (Å²) in [5, 5.41) is 12.8. The number of halogens is 2. The number of carbonyl (C=O) groups is 1. The maximum Gasteiger partial charge on any atom is 0.273 e. The summed E-state index contributed by atoms with van der Waals surface area (Å²) < 4.78 is 7.17. The molecule has 0 saturated carbocycles. The summed E-state index contributed by atoms with van der Waals surface area (Å²) in [5.74, 6) is 0.0692. The number of nitrogens with one attached hydrogen (secondary N) is 1. The quantitative estimate of drug-likeness (QED) is 0.390. The molecule has 1 atom stereocenters. The summed E-state index contributed by atoms with van der Waals surface area (Å²) >= 11 is 13.8. The van der Waals surface area contributed by atoms with Gasteiger partial charge in [0.25, 0.3) is 5.91 Å². The first kappa shape index (κ1) is 23.0. The number of aryl methyl sites for hydroxylation is 2. The van der Waals surface area contributed by atoms with Crippen molar-refractivity contribution in [2.75, 3.05) is 13.2 Å². The summed E-state index contributed by atoms with van der Waals surface area (Å²) in [4.78, 5) is 21.9. The molecular formula is C21H22Cl2N6O2S. The van der Waals surface area contributed by atoms with E-state index in [1.54, 1.807) is 22.9 Å². The molecule has 1 fully saturated rings. The zero-order chi connectivity index (χ0) is 22.7. The standard InChI is InChI=1S/C21H22Cl2N6O2S/c1-12-6-13(2)26-21(25-12)32-11-18-19(20(30)24-10-17-4-3-5-31-17)27-28-29(18)16-8-14(22)7-15(23)9-16/h6-9,17H,3-5,10-11H2,1-2H3,(H,24,30). The Morgan fingerprint density at radius 1 is 1.19 bits per heavy atom. The van der Waals surface area contributed by atoms with Crippen molar-refractivity contribution < 1.29 is 9.53 Å². The van der Waals surface area contributed by atoms with Gasteiger partial charge in [-0.25, -0.2) is 14.6 Å². The molecule has 32 heavy (non-hydrogen) atoms. The van der Waals surface area contributed by atoms with E-state index in [0.717, 1.165) is 30.8 Å². The first-order valence-corrected chi connectivity index (χ1v) is 11.9. The highest BCUT2D eigenvalue weighted by Gasteiger charge is 2.23. The third-order valence-electron chi connectivity index (χ3n) is 4.88. The molecule has 1 aromatic carbocycles. The van der Waals surface area contributed by atoms with Crippen molar-refractivity contribution in [2.24, 2.45) is 0 Å². The van der Waals surface area contributed by atoms with Crippen LogP contribution < -0.4 is 5.32 Å². The maximum absolute atomic E-state index is 12.9. The van der Waals surface area contributed by atoms with Gasteiger partial charge in [0, 0.05) is 40.3 Å².